The summed E-state index contributed by atoms with van der Waals surface area (Å²) in [4.78, 5) is 2.56. The fourth-order valence-corrected chi connectivity index (χ4v) is 1.26. The maximum absolute atomic E-state index is 13.0. The Morgan fingerprint density at radius 3 is 2.94 bits per heavy atom. The van der Waals surface area contributed by atoms with Crippen molar-refractivity contribution in [2.45, 2.75) is 13.0 Å². The van der Waals surface area contributed by atoms with Crippen LogP contribution in [0.15, 0.2) is 23.3 Å². The van der Waals surface area contributed by atoms with Gasteiger partial charge in [0.1, 0.15) is 11.9 Å². The van der Waals surface area contributed by atoms with Crippen molar-refractivity contribution in [2.75, 3.05) is 11.9 Å². The van der Waals surface area contributed by atoms with Crippen LogP contribution in [-0.4, -0.2) is 12.6 Å². The Bertz CT molecular complexity index is 439. The van der Waals surface area contributed by atoms with Crippen LogP contribution in [0, 0.1) is 24.1 Å². The molecule has 0 aliphatic heterocycles. The second-order valence-corrected chi connectivity index (χ2v) is 3.26. The lowest BCUT2D eigenvalue weighted by Gasteiger charge is -2.11. The molecule has 1 rings (SSSR count). The molecular formula is C10H10FN5. The number of nitrogens with zero attached hydrogens (tertiary/aromatic N) is 4. The Kier molecular flexibility index (Phi) is 4.13. The zero-order valence-corrected chi connectivity index (χ0v) is 8.68. The number of halogens is 1. The van der Waals surface area contributed by atoms with Crippen molar-refractivity contribution < 1.29 is 4.39 Å². The molecule has 0 saturated carbocycles. The average molecular weight is 219 g/mol. The third-order valence-electron chi connectivity index (χ3n) is 1.87. The molecule has 0 aliphatic rings. The van der Waals surface area contributed by atoms with Gasteiger partial charge in [-0.3, -0.25) is 0 Å². The van der Waals surface area contributed by atoms with Gasteiger partial charge in [0, 0.05) is 10.6 Å². The molecule has 1 N–H and O–H groups in total. The summed E-state index contributed by atoms with van der Waals surface area (Å²) in [7, 11) is 0. The summed E-state index contributed by atoms with van der Waals surface area (Å²) in [6.45, 7) is 1.76. The molecule has 0 saturated heterocycles. The molecule has 1 atom stereocenters. The molecule has 0 amide bonds. The molecule has 5 nitrogen and oxygen atoms in total. The van der Waals surface area contributed by atoms with Gasteiger partial charge in [-0.15, -0.1) is 0 Å². The number of azide groups is 1. The van der Waals surface area contributed by atoms with Crippen LogP contribution >= 0.6 is 0 Å². The van der Waals surface area contributed by atoms with Crippen molar-refractivity contribution in [3.05, 3.63) is 40.0 Å². The van der Waals surface area contributed by atoms with Crippen LogP contribution in [-0.2, 0) is 0 Å². The van der Waals surface area contributed by atoms with Gasteiger partial charge in [0.05, 0.1) is 12.6 Å². The highest BCUT2D eigenvalue weighted by Crippen LogP contribution is 2.14. The molecule has 1 aromatic carbocycles. The maximum Gasteiger partial charge on any atom is 0.125 e. The van der Waals surface area contributed by atoms with E-state index in [-0.39, 0.29) is 12.4 Å². The molecule has 0 spiro atoms. The SMILES string of the molecule is Cc1cc(F)cc(NC(C#N)CN=[N+]=[N-])c1. The Hall–Kier alpha value is -2.25. The Morgan fingerprint density at radius 2 is 2.38 bits per heavy atom. The molecule has 0 heterocycles. The number of rotatable bonds is 4. The first-order valence-corrected chi connectivity index (χ1v) is 4.60. The summed E-state index contributed by atoms with van der Waals surface area (Å²) >= 11 is 0. The fraction of sp³-hybridized carbons (Fsp3) is 0.300. The van der Waals surface area contributed by atoms with Gasteiger partial charge >= 0.3 is 0 Å². The van der Waals surface area contributed by atoms with E-state index in [1.807, 2.05) is 6.07 Å². The predicted octanol–water partition coefficient (Wildman–Crippen LogP) is 2.75. The van der Waals surface area contributed by atoms with Crippen LogP contribution in [0.5, 0.6) is 0 Å². The molecule has 1 aromatic rings. The van der Waals surface area contributed by atoms with Gasteiger partial charge in [-0.25, -0.2) is 4.39 Å². The Labute approximate surface area is 92.1 Å². The van der Waals surface area contributed by atoms with Gasteiger partial charge in [0.25, 0.3) is 0 Å². The van der Waals surface area contributed by atoms with Crippen LogP contribution in [0.4, 0.5) is 10.1 Å². The van der Waals surface area contributed by atoms with Gasteiger partial charge in [0.2, 0.25) is 0 Å². The second kappa shape index (κ2) is 5.59. The summed E-state index contributed by atoms with van der Waals surface area (Å²) in [5.74, 6) is -0.372. The van der Waals surface area contributed by atoms with E-state index in [0.717, 1.165) is 5.56 Å². The van der Waals surface area contributed by atoms with Gasteiger partial charge in [-0.2, -0.15) is 5.26 Å². The molecule has 1 unspecified atom stereocenters. The maximum atomic E-state index is 13.0. The van der Waals surface area contributed by atoms with E-state index < -0.39 is 6.04 Å². The van der Waals surface area contributed by atoms with Gasteiger partial charge in [-0.05, 0) is 36.2 Å². The lowest BCUT2D eigenvalue weighted by Crippen LogP contribution is -2.20. The minimum Gasteiger partial charge on any atom is -0.370 e. The molecule has 0 radical (unpaired) electrons. The highest BCUT2D eigenvalue weighted by Gasteiger charge is 2.06. The molecule has 82 valence electrons. The second-order valence-electron chi connectivity index (χ2n) is 3.26. The molecule has 0 bridgehead atoms. The number of hydrogen-bond donors (Lipinski definition) is 1. The van der Waals surface area contributed by atoms with Crippen molar-refractivity contribution in [2.24, 2.45) is 5.11 Å². The van der Waals surface area contributed by atoms with E-state index in [1.165, 1.54) is 12.1 Å². The largest absolute Gasteiger partial charge is 0.370 e. The lowest BCUT2D eigenvalue weighted by molar-refractivity contribution is 0.627. The number of benzene rings is 1. The van der Waals surface area contributed by atoms with Gasteiger partial charge in [0.15, 0.2) is 0 Å². The molecule has 0 fully saturated rings. The van der Waals surface area contributed by atoms with Crippen LogP contribution < -0.4 is 5.32 Å². The normalized spacial score (nSPS) is 11.1. The standard InChI is InChI=1S/C10H10FN5/c1-7-2-8(11)4-9(3-7)15-10(5-12)6-14-16-13/h2-4,10,15H,6H2,1H3. The molecular weight excluding hydrogens is 209 g/mol. The number of nitriles is 1. The quantitative estimate of drug-likeness (QED) is 0.479. The van der Waals surface area contributed by atoms with Crippen molar-refractivity contribution in [3.63, 3.8) is 0 Å². The molecule has 16 heavy (non-hydrogen) atoms. The first-order chi connectivity index (χ1) is 7.65. The Morgan fingerprint density at radius 1 is 1.62 bits per heavy atom. The lowest BCUT2D eigenvalue weighted by atomic mass is 10.2. The van der Waals surface area contributed by atoms with E-state index in [2.05, 4.69) is 15.3 Å². The monoisotopic (exact) mass is 219 g/mol. The third-order valence-corrected chi connectivity index (χ3v) is 1.87. The smallest absolute Gasteiger partial charge is 0.125 e. The topological polar surface area (TPSA) is 84.6 Å². The van der Waals surface area contributed by atoms with E-state index in [4.69, 9.17) is 10.8 Å². The highest BCUT2D eigenvalue weighted by molar-refractivity contribution is 5.47. The fourth-order valence-electron chi connectivity index (χ4n) is 1.26. The van der Waals surface area contributed by atoms with Gasteiger partial charge < -0.3 is 5.32 Å². The summed E-state index contributed by atoms with van der Waals surface area (Å²) in [5, 5.41) is 14.8. The summed E-state index contributed by atoms with van der Waals surface area (Å²) in [6, 6.07) is 5.66. The van der Waals surface area contributed by atoms with Crippen LogP contribution in [0.2, 0.25) is 0 Å². The highest BCUT2D eigenvalue weighted by atomic mass is 19.1. The molecule has 0 aromatic heterocycles. The number of anilines is 1. The predicted molar refractivity (Wildman–Crippen MR) is 58.2 cm³/mol. The third kappa shape index (κ3) is 3.48. The van der Waals surface area contributed by atoms with E-state index in [9.17, 15) is 4.39 Å². The van der Waals surface area contributed by atoms with E-state index >= 15 is 0 Å². The number of hydrogen-bond acceptors (Lipinski definition) is 3. The van der Waals surface area contributed by atoms with Crippen molar-refractivity contribution in [3.8, 4) is 6.07 Å². The Balaban J connectivity index is 2.78. The minimum atomic E-state index is -0.655. The minimum absolute atomic E-state index is 0.00254. The zero-order chi connectivity index (χ0) is 12.0. The van der Waals surface area contributed by atoms with Crippen molar-refractivity contribution in [1.29, 1.82) is 5.26 Å². The van der Waals surface area contributed by atoms with Gasteiger partial charge in [-0.1, -0.05) is 5.11 Å². The number of nitrogens with one attached hydrogen (secondary N) is 1. The molecule has 0 aliphatic carbocycles. The van der Waals surface area contributed by atoms with E-state index in [1.54, 1.807) is 13.0 Å². The van der Waals surface area contributed by atoms with Crippen LogP contribution in [0.3, 0.4) is 0 Å². The number of aryl methyl sites for hydroxylation is 1. The van der Waals surface area contributed by atoms with Crippen LogP contribution in [0.1, 0.15) is 5.56 Å². The van der Waals surface area contributed by atoms with E-state index in [0.29, 0.717) is 5.69 Å². The van der Waals surface area contributed by atoms with Crippen molar-refractivity contribution >= 4 is 5.69 Å². The van der Waals surface area contributed by atoms with Crippen LogP contribution in [0.25, 0.3) is 10.4 Å². The first-order valence-electron chi connectivity index (χ1n) is 4.60. The first kappa shape index (κ1) is 11.8. The summed E-state index contributed by atoms with van der Waals surface area (Å²) in [5.41, 5.74) is 9.38. The summed E-state index contributed by atoms with van der Waals surface area (Å²) in [6.07, 6.45) is 0. The van der Waals surface area contributed by atoms with Crippen molar-refractivity contribution in [1.82, 2.24) is 0 Å². The average Bonchev–Trinajstić information content (AvgIpc) is 2.22. The zero-order valence-electron chi connectivity index (χ0n) is 8.68. The molecule has 6 heteroatoms. The summed E-state index contributed by atoms with van der Waals surface area (Å²) < 4.78 is 13.0.